The summed E-state index contributed by atoms with van der Waals surface area (Å²) in [5.74, 6) is -1.03. The smallest absolute Gasteiger partial charge is 0.412 e. The predicted molar refractivity (Wildman–Crippen MR) is 162 cm³/mol. The maximum Gasteiger partial charge on any atom is 0.412 e. The summed E-state index contributed by atoms with van der Waals surface area (Å²) in [5, 5.41) is 25.8. The van der Waals surface area contributed by atoms with E-state index in [1.165, 1.54) is 36.4 Å². The van der Waals surface area contributed by atoms with Crippen LogP contribution in [0.4, 0.5) is 9.59 Å². The zero-order chi connectivity index (χ0) is 31.3. The van der Waals surface area contributed by atoms with Gasteiger partial charge in [0.2, 0.25) is 0 Å². The topological polar surface area (TPSA) is 151 Å². The molecule has 4 aromatic rings. The Bertz CT molecular complexity index is 1490. The summed E-state index contributed by atoms with van der Waals surface area (Å²) in [6, 6.07) is 25.2. The first kappa shape index (κ1) is 31.3. The number of benzene rings is 4. The maximum absolute atomic E-state index is 12.5. The molecule has 0 radical (unpaired) electrons. The van der Waals surface area contributed by atoms with Gasteiger partial charge in [-0.3, -0.25) is 9.59 Å². The molecule has 10 nitrogen and oxygen atoms in total. The fraction of sp³-hybridized carbons (Fsp3) is 0.176. The van der Waals surface area contributed by atoms with E-state index in [-0.39, 0.29) is 45.7 Å². The summed E-state index contributed by atoms with van der Waals surface area (Å²) in [6.45, 7) is 0.744. The largest absolute Gasteiger partial charge is 0.507 e. The third kappa shape index (κ3) is 8.93. The predicted octanol–water partition coefficient (Wildman–Crippen LogP) is 6.00. The van der Waals surface area contributed by atoms with E-state index in [1.807, 2.05) is 0 Å². The van der Waals surface area contributed by atoms with E-state index < -0.39 is 12.2 Å². The van der Waals surface area contributed by atoms with Gasteiger partial charge < -0.3 is 30.3 Å². The van der Waals surface area contributed by atoms with Crippen LogP contribution in [0.25, 0.3) is 0 Å². The highest BCUT2D eigenvalue weighted by Gasteiger charge is 2.16. The second kappa shape index (κ2) is 15.5. The van der Waals surface area contributed by atoms with Gasteiger partial charge in [0.05, 0.1) is 11.1 Å². The summed E-state index contributed by atoms with van der Waals surface area (Å²) in [5.41, 5.74) is 1.09. The number of nitrogens with one attached hydrogen (secondary N) is 2. The van der Waals surface area contributed by atoms with E-state index in [9.17, 15) is 29.4 Å². The highest BCUT2D eigenvalue weighted by atomic mass is 16.6. The van der Waals surface area contributed by atoms with E-state index in [1.54, 1.807) is 60.7 Å². The van der Waals surface area contributed by atoms with E-state index in [0.29, 0.717) is 37.1 Å². The quantitative estimate of drug-likeness (QED) is 0.108. The highest BCUT2D eigenvalue weighted by molar-refractivity contribution is 6.11. The molecule has 44 heavy (non-hydrogen) atoms. The van der Waals surface area contributed by atoms with Crippen molar-refractivity contribution < 1.29 is 38.9 Å². The zero-order valence-corrected chi connectivity index (χ0v) is 23.8. The van der Waals surface area contributed by atoms with Crippen LogP contribution >= 0.6 is 0 Å². The fourth-order valence-electron chi connectivity index (χ4n) is 4.29. The molecule has 0 aliphatic rings. The van der Waals surface area contributed by atoms with Gasteiger partial charge in [0.1, 0.15) is 23.0 Å². The number of unbranched alkanes of at least 4 members (excludes halogenated alkanes) is 3. The Balaban J connectivity index is 1.08. The molecule has 0 aromatic heterocycles. The maximum atomic E-state index is 12.5. The normalized spacial score (nSPS) is 10.5. The number of hydrogen-bond acceptors (Lipinski definition) is 8. The third-order valence-electron chi connectivity index (χ3n) is 6.56. The molecule has 4 N–H and O–H groups in total. The average molecular weight is 597 g/mol. The van der Waals surface area contributed by atoms with E-state index in [0.717, 1.165) is 12.8 Å². The molecule has 0 bridgehead atoms. The molecule has 0 atom stereocenters. The van der Waals surface area contributed by atoms with Crippen molar-refractivity contribution in [1.82, 2.24) is 10.6 Å². The molecule has 0 saturated carbocycles. The lowest BCUT2D eigenvalue weighted by atomic mass is 10.0. The van der Waals surface area contributed by atoms with Crippen LogP contribution < -0.4 is 20.1 Å². The molecule has 0 heterocycles. The van der Waals surface area contributed by atoms with Crippen molar-refractivity contribution in [2.45, 2.75) is 25.7 Å². The molecule has 0 unspecified atom stereocenters. The molecular weight excluding hydrogens is 564 g/mol. The zero-order valence-electron chi connectivity index (χ0n) is 23.8. The SMILES string of the molecule is O=C(NCCCCCCNC(=O)Oc1ccc(C(=O)c2ccccc2)c(O)c1)Oc1ccc(C(=O)c2ccccc2)c(O)c1. The van der Waals surface area contributed by atoms with Crippen LogP contribution in [-0.4, -0.2) is 47.1 Å². The number of amides is 2. The van der Waals surface area contributed by atoms with Gasteiger partial charge in [0.15, 0.2) is 11.6 Å². The number of ether oxygens (including phenoxy) is 2. The van der Waals surface area contributed by atoms with Crippen LogP contribution in [0.1, 0.15) is 57.5 Å². The first-order valence-electron chi connectivity index (χ1n) is 14.1. The fourth-order valence-corrected chi connectivity index (χ4v) is 4.29. The number of carbonyl (C=O) groups excluding carboxylic acids is 4. The van der Waals surface area contributed by atoms with Crippen molar-refractivity contribution in [3.8, 4) is 23.0 Å². The lowest BCUT2D eigenvalue weighted by molar-refractivity contribution is 0.102. The summed E-state index contributed by atoms with van der Waals surface area (Å²) in [4.78, 5) is 49.2. The van der Waals surface area contributed by atoms with Crippen LogP contribution in [0.3, 0.4) is 0 Å². The highest BCUT2D eigenvalue weighted by Crippen LogP contribution is 2.27. The van der Waals surface area contributed by atoms with Gasteiger partial charge in [-0.25, -0.2) is 9.59 Å². The van der Waals surface area contributed by atoms with E-state index in [4.69, 9.17) is 9.47 Å². The number of ketones is 2. The molecule has 0 fully saturated rings. The lowest BCUT2D eigenvalue weighted by Crippen LogP contribution is -2.28. The van der Waals surface area contributed by atoms with Gasteiger partial charge in [-0.2, -0.15) is 0 Å². The number of hydrogen-bond donors (Lipinski definition) is 4. The van der Waals surface area contributed by atoms with Crippen molar-refractivity contribution in [3.63, 3.8) is 0 Å². The average Bonchev–Trinajstić information content (AvgIpc) is 3.02. The number of phenolic OH excluding ortho intramolecular Hbond substituents is 2. The monoisotopic (exact) mass is 596 g/mol. The molecule has 10 heteroatoms. The summed E-state index contributed by atoms with van der Waals surface area (Å²) < 4.78 is 10.4. The van der Waals surface area contributed by atoms with Gasteiger partial charge in [-0.15, -0.1) is 0 Å². The Morgan fingerprint density at radius 3 is 1.27 bits per heavy atom. The molecule has 0 aliphatic heterocycles. The van der Waals surface area contributed by atoms with E-state index in [2.05, 4.69) is 10.6 Å². The third-order valence-corrected chi connectivity index (χ3v) is 6.56. The summed E-state index contributed by atoms with van der Waals surface area (Å²) in [7, 11) is 0. The van der Waals surface area contributed by atoms with Crippen molar-refractivity contribution in [3.05, 3.63) is 119 Å². The van der Waals surface area contributed by atoms with Gasteiger partial charge in [-0.05, 0) is 37.1 Å². The van der Waals surface area contributed by atoms with Gasteiger partial charge >= 0.3 is 12.2 Å². The molecule has 2 amide bonds. The van der Waals surface area contributed by atoms with Gasteiger partial charge in [0.25, 0.3) is 0 Å². The molecule has 226 valence electrons. The molecule has 0 aliphatic carbocycles. The molecule has 4 aromatic carbocycles. The Morgan fingerprint density at radius 2 is 0.909 bits per heavy atom. The van der Waals surface area contributed by atoms with E-state index >= 15 is 0 Å². The Kier molecular flexibility index (Phi) is 11.1. The molecule has 0 saturated heterocycles. The van der Waals surface area contributed by atoms with Crippen molar-refractivity contribution in [1.29, 1.82) is 0 Å². The molecular formula is C34H32N2O8. The first-order valence-corrected chi connectivity index (χ1v) is 14.1. The Hall–Kier alpha value is -5.64. The van der Waals surface area contributed by atoms with Gasteiger partial charge in [0, 0.05) is 36.3 Å². The van der Waals surface area contributed by atoms with Crippen LogP contribution in [0.5, 0.6) is 23.0 Å². The second-order valence-electron chi connectivity index (χ2n) is 9.80. The van der Waals surface area contributed by atoms with Crippen LogP contribution in [0, 0.1) is 0 Å². The molecule has 4 rings (SSSR count). The van der Waals surface area contributed by atoms with Crippen LogP contribution in [0.2, 0.25) is 0 Å². The van der Waals surface area contributed by atoms with Crippen LogP contribution in [-0.2, 0) is 0 Å². The van der Waals surface area contributed by atoms with Crippen molar-refractivity contribution in [2.24, 2.45) is 0 Å². The minimum Gasteiger partial charge on any atom is -0.507 e. The summed E-state index contributed by atoms with van der Waals surface area (Å²) in [6.07, 6.45) is 1.59. The number of phenols is 2. The Morgan fingerprint density at radius 1 is 0.523 bits per heavy atom. The van der Waals surface area contributed by atoms with Gasteiger partial charge in [-0.1, -0.05) is 73.5 Å². The van der Waals surface area contributed by atoms with Crippen LogP contribution in [0.15, 0.2) is 97.1 Å². The summed E-state index contributed by atoms with van der Waals surface area (Å²) >= 11 is 0. The number of rotatable bonds is 13. The van der Waals surface area contributed by atoms with Crippen molar-refractivity contribution in [2.75, 3.05) is 13.1 Å². The first-order chi connectivity index (χ1) is 21.3. The minimum absolute atomic E-state index is 0.106. The minimum atomic E-state index is -0.681. The standard InChI is InChI=1S/C34H32N2O8/c37-29-21-25(15-17-27(29)31(39)23-11-5-3-6-12-23)43-33(41)35-19-9-1-2-10-20-36-34(42)44-26-16-18-28(30(38)22-26)32(40)24-13-7-4-8-14-24/h3-8,11-18,21-22,37-38H,1-2,9-10,19-20H2,(H,35,41)(H,36,42). The number of carbonyl (C=O) groups is 4. The Labute approximate surface area is 254 Å². The molecule has 0 spiro atoms. The number of aromatic hydroxyl groups is 2. The second-order valence-corrected chi connectivity index (χ2v) is 9.80. The lowest BCUT2D eigenvalue weighted by Gasteiger charge is -2.10. The van der Waals surface area contributed by atoms with Crippen molar-refractivity contribution >= 4 is 23.8 Å².